The largest absolute Gasteiger partial charge is 0.329 e. The fraction of sp³-hybridized carbons (Fsp3) is 0.222. The van der Waals surface area contributed by atoms with Crippen molar-refractivity contribution in [1.29, 1.82) is 5.26 Å². The Bertz CT molecular complexity index is 492. The average Bonchev–Trinajstić information content (AvgIpc) is 2.26. The summed E-state index contributed by atoms with van der Waals surface area (Å²) in [4.78, 5) is 0. The van der Waals surface area contributed by atoms with Gasteiger partial charge in [-0.25, -0.2) is 0 Å². The maximum atomic E-state index is 11.4. The molecule has 0 aliphatic heterocycles. The van der Waals surface area contributed by atoms with Crippen LogP contribution in [0, 0.1) is 11.3 Å². The van der Waals surface area contributed by atoms with Crippen LogP contribution in [0.3, 0.4) is 0 Å². The minimum atomic E-state index is -3.61. The lowest BCUT2D eigenvalue weighted by Gasteiger charge is -2.08. The third-order valence-electron chi connectivity index (χ3n) is 1.68. The Morgan fingerprint density at radius 2 is 2.19 bits per heavy atom. The maximum absolute atomic E-state index is 11.4. The normalized spacial score (nSPS) is 10.8. The fourth-order valence-corrected chi connectivity index (χ4v) is 1.93. The van der Waals surface area contributed by atoms with E-state index < -0.39 is 10.2 Å². The topological polar surface area (TPSA) is 108 Å². The van der Waals surface area contributed by atoms with Crippen LogP contribution in [0.25, 0.3) is 0 Å². The first-order valence-corrected chi connectivity index (χ1v) is 6.03. The van der Waals surface area contributed by atoms with Crippen molar-refractivity contribution in [1.82, 2.24) is 4.72 Å². The number of rotatable bonds is 5. The third kappa shape index (κ3) is 3.86. The van der Waals surface area contributed by atoms with Crippen LogP contribution in [0.2, 0.25) is 0 Å². The highest BCUT2D eigenvalue weighted by atomic mass is 32.2. The van der Waals surface area contributed by atoms with Crippen LogP contribution in [0.5, 0.6) is 0 Å². The Morgan fingerprint density at radius 3 is 2.81 bits per heavy atom. The first-order chi connectivity index (χ1) is 7.57. The average molecular weight is 240 g/mol. The smallest absolute Gasteiger partial charge is 0.299 e. The molecule has 0 radical (unpaired) electrons. The molecule has 0 spiro atoms. The Labute approximate surface area is 94.3 Å². The Balaban J connectivity index is 2.77. The highest BCUT2D eigenvalue weighted by Gasteiger charge is 2.08. The van der Waals surface area contributed by atoms with Crippen LogP contribution >= 0.6 is 0 Å². The molecule has 0 saturated heterocycles. The summed E-state index contributed by atoms with van der Waals surface area (Å²) in [6.45, 7) is 0.381. The lowest BCUT2D eigenvalue weighted by Crippen LogP contribution is -2.33. The summed E-state index contributed by atoms with van der Waals surface area (Å²) in [5.41, 5.74) is 5.90. The Kier molecular flexibility index (Phi) is 4.25. The maximum Gasteiger partial charge on any atom is 0.299 e. The Hall–Kier alpha value is -1.62. The molecule has 0 atom stereocenters. The molecule has 0 aliphatic rings. The van der Waals surface area contributed by atoms with Crippen molar-refractivity contribution in [3.8, 4) is 6.07 Å². The molecule has 86 valence electrons. The molecule has 0 aliphatic carbocycles. The van der Waals surface area contributed by atoms with Gasteiger partial charge in [0.25, 0.3) is 10.2 Å². The van der Waals surface area contributed by atoms with Crippen molar-refractivity contribution >= 4 is 15.9 Å². The van der Waals surface area contributed by atoms with Crippen molar-refractivity contribution in [3.05, 3.63) is 29.8 Å². The SMILES string of the molecule is N#Cc1cccc(NS(=O)(=O)NCCN)c1. The van der Waals surface area contributed by atoms with Crippen LogP contribution in [0.15, 0.2) is 24.3 Å². The molecule has 1 aromatic carbocycles. The number of nitrogens with one attached hydrogen (secondary N) is 2. The van der Waals surface area contributed by atoms with Gasteiger partial charge in [0.15, 0.2) is 0 Å². The molecular weight excluding hydrogens is 228 g/mol. The third-order valence-corrected chi connectivity index (χ3v) is 2.77. The summed E-state index contributed by atoms with van der Waals surface area (Å²) in [7, 11) is -3.61. The number of nitrogens with two attached hydrogens (primary N) is 1. The molecule has 0 aromatic heterocycles. The van der Waals surface area contributed by atoms with Gasteiger partial charge >= 0.3 is 0 Å². The van der Waals surface area contributed by atoms with E-state index in [2.05, 4.69) is 9.44 Å². The summed E-state index contributed by atoms with van der Waals surface area (Å²) in [5, 5.41) is 8.64. The van der Waals surface area contributed by atoms with Crippen molar-refractivity contribution in [3.63, 3.8) is 0 Å². The van der Waals surface area contributed by atoms with Crippen LogP contribution in [0.4, 0.5) is 5.69 Å². The van der Waals surface area contributed by atoms with E-state index in [0.717, 1.165) is 0 Å². The molecule has 16 heavy (non-hydrogen) atoms. The van der Waals surface area contributed by atoms with Gasteiger partial charge in [0.1, 0.15) is 0 Å². The number of hydrogen-bond acceptors (Lipinski definition) is 4. The zero-order valence-corrected chi connectivity index (χ0v) is 9.29. The number of anilines is 1. The summed E-state index contributed by atoms with van der Waals surface area (Å²) in [5.74, 6) is 0. The van der Waals surface area contributed by atoms with Gasteiger partial charge in [0.2, 0.25) is 0 Å². The standard InChI is InChI=1S/C9H12N4O2S/c10-4-5-12-16(14,15)13-9-3-1-2-8(6-9)7-11/h1-3,6,12-13H,4-5,10H2. The van der Waals surface area contributed by atoms with E-state index >= 15 is 0 Å². The molecule has 4 N–H and O–H groups in total. The van der Waals surface area contributed by atoms with E-state index in [1.165, 1.54) is 6.07 Å². The summed E-state index contributed by atoms with van der Waals surface area (Å²) in [6, 6.07) is 8.11. The first kappa shape index (κ1) is 12.4. The summed E-state index contributed by atoms with van der Waals surface area (Å²) < 4.78 is 27.3. The van der Waals surface area contributed by atoms with E-state index in [1.807, 2.05) is 6.07 Å². The number of benzene rings is 1. The van der Waals surface area contributed by atoms with E-state index in [-0.39, 0.29) is 13.1 Å². The minimum Gasteiger partial charge on any atom is -0.329 e. The monoisotopic (exact) mass is 240 g/mol. The van der Waals surface area contributed by atoms with Gasteiger partial charge in [-0.15, -0.1) is 0 Å². The molecule has 0 saturated carbocycles. The lowest BCUT2D eigenvalue weighted by atomic mass is 10.2. The summed E-state index contributed by atoms with van der Waals surface area (Å²) >= 11 is 0. The summed E-state index contributed by atoms with van der Waals surface area (Å²) in [6.07, 6.45) is 0. The molecule has 6 nitrogen and oxygen atoms in total. The van der Waals surface area contributed by atoms with Crippen molar-refractivity contribution in [2.75, 3.05) is 17.8 Å². The van der Waals surface area contributed by atoms with Gasteiger partial charge in [-0.3, -0.25) is 4.72 Å². The predicted octanol–water partition coefficient (Wildman–Crippen LogP) is -0.237. The van der Waals surface area contributed by atoms with Crippen LogP contribution < -0.4 is 15.2 Å². The highest BCUT2D eigenvalue weighted by Crippen LogP contribution is 2.10. The van der Waals surface area contributed by atoms with E-state index in [9.17, 15) is 8.42 Å². The molecule has 0 fully saturated rings. The zero-order chi connectivity index (χ0) is 12.0. The first-order valence-electron chi connectivity index (χ1n) is 4.55. The van der Waals surface area contributed by atoms with E-state index in [1.54, 1.807) is 18.2 Å². The Morgan fingerprint density at radius 1 is 1.44 bits per heavy atom. The molecule has 0 heterocycles. The van der Waals surface area contributed by atoms with Gasteiger partial charge in [-0.2, -0.15) is 18.4 Å². The number of hydrogen-bond donors (Lipinski definition) is 3. The van der Waals surface area contributed by atoms with Crippen molar-refractivity contribution in [2.45, 2.75) is 0 Å². The highest BCUT2D eigenvalue weighted by molar-refractivity contribution is 7.90. The molecule has 1 rings (SSSR count). The molecule has 0 amide bonds. The van der Waals surface area contributed by atoms with Crippen LogP contribution in [-0.4, -0.2) is 21.5 Å². The number of nitrogens with zero attached hydrogens (tertiary/aromatic N) is 1. The quantitative estimate of drug-likeness (QED) is 0.660. The van der Waals surface area contributed by atoms with Crippen molar-refractivity contribution < 1.29 is 8.42 Å². The van der Waals surface area contributed by atoms with E-state index in [0.29, 0.717) is 11.3 Å². The second-order valence-corrected chi connectivity index (χ2v) is 4.48. The van der Waals surface area contributed by atoms with Crippen molar-refractivity contribution in [2.24, 2.45) is 5.73 Å². The molecule has 0 unspecified atom stereocenters. The van der Waals surface area contributed by atoms with Crippen LogP contribution in [-0.2, 0) is 10.2 Å². The molecule has 7 heteroatoms. The molecular formula is C9H12N4O2S. The van der Waals surface area contributed by atoms with Gasteiger partial charge in [0.05, 0.1) is 17.3 Å². The number of nitriles is 1. The second-order valence-electron chi connectivity index (χ2n) is 2.98. The fourth-order valence-electron chi connectivity index (χ4n) is 1.04. The van der Waals surface area contributed by atoms with Gasteiger partial charge in [-0.05, 0) is 18.2 Å². The molecule has 0 bridgehead atoms. The van der Waals surface area contributed by atoms with Gasteiger partial charge < -0.3 is 5.73 Å². The van der Waals surface area contributed by atoms with Crippen LogP contribution in [0.1, 0.15) is 5.56 Å². The molecule has 1 aromatic rings. The van der Waals surface area contributed by atoms with E-state index in [4.69, 9.17) is 11.0 Å². The van der Waals surface area contributed by atoms with Gasteiger partial charge in [0, 0.05) is 13.1 Å². The lowest BCUT2D eigenvalue weighted by molar-refractivity contribution is 0.587. The predicted molar refractivity (Wildman–Crippen MR) is 60.8 cm³/mol. The second kappa shape index (κ2) is 5.46. The minimum absolute atomic E-state index is 0.160. The van der Waals surface area contributed by atoms with Gasteiger partial charge in [-0.1, -0.05) is 6.07 Å². The zero-order valence-electron chi connectivity index (χ0n) is 8.47.